The molecule has 1 heterocycles. The third-order valence-electron chi connectivity index (χ3n) is 3.32. The molecule has 1 aliphatic rings. The van der Waals surface area contributed by atoms with Crippen molar-refractivity contribution in [2.75, 3.05) is 12.3 Å². The Hall–Kier alpha value is -2.55. The monoisotopic (exact) mass is 258 g/mol. The number of hydrogen-bond donors (Lipinski definition) is 2. The van der Waals surface area contributed by atoms with Gasteiger partial charge in [-0.2, -0.15) is 5.26 Å². The van der Waals surface area contributed by atoms with E-state index < -0.39 is 6.03 Å². The summed E-state index contributed by atoms with van der Waals surface area (Å²) >= 11 is 0. The van der Waals surface area contributed by atoms with Gasteiger partial charge in [-0.15, -0.1) is 0 Å². The number of rotatable bonds is 2. The van der Waals surface area contributed by atoms with Gasteiger partial charge in [-0.3, -0.25) is 9.69 Å². The van der Waals surface area contributed by atoms with Crippen LogP contribution in [-0.2, 0) is 11.2 Å². The second-order valence-electron chi connectivity index (χ2n) is 4.54. The molecule has 0 spiro atoms. The van der Waals surface area contributed by atoms with E-state index in [1.807, 2.05) is 6.07 Å². The molecule has 1 aliphatic heterocycles. The number of nitrogen functional groups attached to an aromatic ring is 1. The van der Waals surface area contributed by atoms with Gasteiger partial charge in [-0.05, 0) is 36.6 Å². The molecule has 1 unspecified atom stereocenters. The van der Waals surface area contributed by atoms with Crippen LogP contribution in [0.25, 0.3) is 0 Å². The molecule has 0 bridgehead atoms. The third kappa shape index (κ3) is 2.50. The average Bonchev–Trinajstić information content (AvgIpc) is 2.74. The summed E-state index contributed by atoms with van der Waals surface area (Å²) in [6.07, 6.45) is 0.988. The highest BCUT2D eigenvalue weighted by Crippen LogP contribution is 2.25. The van der Waals surface area contributed by atoms with E-state index >= 15 is 0 Å². The first kappa shape index (κ1) is 12.9. The molecule has 19 heavy (non-hydrogen) atoms. The molecule has 0 saturated carbocycles. The number of urea groups is 1. The van der Waals surface area contributed by atoms with Gasteiger partial charge in [0.15, 0.2) is 0 Å². The molecule has 1 fully saturated rings. The number of hydrogen-bond acceptors (Lipinski definition) is 4. The van der Waals surface area contributed by atoms with E-state index in [0.29, 0.717) is 30.6 Å². The molecule has 6 nitrogen and oxygen atoms in total. The highest BCUT2D eigenvalue weighted by atomic mass is 16.2. The fourth-order valence-electron chi connectivity index (χ4n) is 2.26. The number of nitrogens with zero attached hydrogens (tertiary/aromatic N) is 2. The normalized spacial score (nSPS) is 18.4. The summed E-state index contributed by atoms with van der Waals surface area (Å²) in [7, 11) is 0. The Balaban J connectivity index is 2.17. The molecular formula is C13H14N4O2. The van der Waals surface area contributed by atoms with Gasteiger partial charge in [0.05, 0.1) is 11.6 Å². The van der Waals surface area contributed by atoms with E-state index in [-0.39, 0.29) is 11.8 Å². The number of benzene rings is 1. The lowest BCUT2D eigenvalue weighted by atomic mass is 9.96. The van der Waals surface area contributed by atoms with Gasteiger partial charge in [-0.1, -0.05) is 0 Å². The highest BCUT2D eigenvalue weighted by molar-refractivity contribution is 5.96. The SMILES string of the molecule is N#Cc1ccc(N)c(CC2CCN(C(N)=O)C2=O)c1. The zero-order chi connectivity index (χ0) is 14.0. The Morgan fingerprint density at radius 2 is 2.26 bits per heavy atom. The second-order valence-corrected chi connectivity index (χ2v) is 4.54. The maximum absolute atomic E-state index is 11.9. The van der Waals surface area contributed by atoms with Gasteiger partial charge in [0.2, 0.25) is 5.91 Å². The first-order valence-electron chi connectivity index (χ1n) is 5.92. The number of primary amides is 1. The van der Waals surface area contributed by atoms with Crippen molar-refractivity contribution in [3.05, 3.63) is 29.3 Å². The number of likely N-dealkylation sites (tertiary alicyclic amines) is 1. The minimum absolute atomic E-state index is 0.269. The second kappa shape index (κ2) is 4.98. The van der Waals surface area contributed by atoms with Gasteiger partial charge < -0.3 is 11.5 Å². The van der Waals surface area contributed by atoms with Crippen molar-refractivity contribution >= 4 is 17.6 Å². The topological polar surface area (TPSA) is 113 Å². The van der Waals surface area contributed by atoms with Crippen LogP contribution >= 0.6 is 0 Å². The number of amides is 3. The molecule has 1 aromatic rings. The fourth-order valence-corrected chi connectivity index (χ4v) is 2.26. The van der Waals surface area contributed by atoms with Crippen LogP contribution in [0, 0.1) is 17.2 Å². The molecule has 3 amide bonds. The van der Waals surface area contributed by atoms with Crippen LogP contribution in [0.5, 0.6) is 0 Å². The molecule has 6 heteroatoms. The summed E-state index contributed by atoms with van der Waals surface area (Å²) < 4.78 is 0. The summed E-state index contributed by atoms with van der Waals surface area (Å²) in [5.41, 5.74) is 12.8. The van der Waals surface area contributed by atoms with Crippen molar-refractivity contribution in [2.24, 2.45) is 11.7 Å². The van der Waals surface area contributed by atoms with Crippen molar-refractivity contribution in [1.29, 1.82) is 5.26 Å². The highest BCUT2D eigenvalue weighted by Gasteiger charge is 2.34. The van der Waals surface area contributed by atoms with Crippen molar-refractivity contribution < 1.29 is 9.59 Å². The minimum Gasteiger partial charge on any atom is -0.399 e. The zero-order valence-corrected chi connectivity index (χ0v) is 10.3. The molecule has 4 N–H and O–H groups in total. The van der Waals surface area contributed by atoms with Gasteiger partial charge in [0.25, 0.3) is 0 Å². The summed E-state index contributed by atoms with van der Waals surface area (Å²) in [4.78, 5) is 24.0. The van der Waals surface area contributed by atoms with E-state index in [0.717, 1.165) is 10.5 Å². The van der Waals surface area contributed by atoms with Crippen molar-refractivity contribution in [2.45, 2.75) is 12.8 Å². The van der Waals surface area contributed by atoms with Crippen molar-refractivity contribution in [3.8, 4) is 6.07 Å². The third-order valence-corrected chi connectivity index (χ3v) is 3.32. The Morgan fingerprint density at radius 3 is 2.84 bits per heavy atom. The van der Waals surface area contributed by atoms with Crippen LogP contribution in [-0.4, -0.2) is 23.4 Å². The Kier molecular flexibility index (Phi) is 3.38. The lowest BCUT2D eigenvalue weighted by molar-refractivity contribution is -0.128. The van der Waals surface area contributed by atoms with E-state index in [2.05, 4.69) is 0 Å². The fraction of sp³-hybridized carbons (Fsp3) is 0.308. The van der Waals surface area contributed by atoms with E-state index in [4.69, 9.17) is 16.7 Å². The summed E-state index contributed by atoms with van der Waals surface area (Å²) in [6.45, 7) is 0.344. The maximum Gasteiger partial charge on any atom is 0.321 e. The van der Waals surface area contributed by atoms with Gasteiger partial charge in [0, 0.05) is 18.2 Å². The van der Waals surface area contributed by atoms with E-state index in [1.165, 1.54) is 0 Å². The summed E-state index contributed by atoms with van der Waals surface area (Å²) in [5, 5.41) is 8.85. The van der Waals surface area contributed by atoms with Crippen LogP contribution in [0.2, 0.25) is 0 Å². The molecule has 1 saturated heterocycles. The molecule has 2 rings (SSSR count). The van der Waals surface area contributed by atoms with Crippen molar-refractivity contribution in [1.82, 2.24) is 4.90 Å². The quantitative estimate of drug-likeness (QED) is 0.756. The van der Waals surface area contributed by atoms with E-state index in [9.17, 15) is 9.59 Å². The molecule has 1 aromatic carbocycles. The van der Waals surface area contributed by atoms with Gasteiger partial charge >= 0.3 is 6.03 Å². The maximum atomic E-state index is 11.9. The summed E-state index contributed by atoms with van der Waals surface area (Å²) in [5.74, 6) is -0.571. The molecule has 0 radical (unpaired) electrons. The molecule has 0 aliphatic carbocycles. The van der Waals surface area contributed by atoms with Crippen LogP contribution < -0.4 is 11.5 Å². The van der Waals surface area contributed by atoms with E-state index in [1.54, 1.807) is 18.2 Å². The first-order chi connectivity index (χ1) is 9.02. The van der Waals surface area contributed by atoms with Crippen LogP contribution in [0.4, 0.5) is 10.5 Å². The molecular weight excluding hydrogens is 244 g/mol. The zero-order valence-electron chi connectivity index (χ0n) is 10.3. The largest absolute Gasteiger partial charge is 0.399 e. The number of imide groups is 1. The van der Waals surface area contributed by atoms with Gasteiger partial charge in [-0.25, -0.2) is 4.79 Å². The van der Waals surface area contributed by atoms with Crippen molar-refractivity contribution in [3.63, 3.8) is 0 Å². The predicted octanol–water partition coefficient (Wildman–Crippen LogP) is 0.610. The van der Waals surface area contributed by atoms with Crippen LogP contribution in [0.15, 0.2) is 18.2 Å². The first-order valence-corrected chi connectivity index (χ1v) is 5.92. The molecule has 98 valence electrons. The standard InChI is InChI=1S/C13H14N4O2/c14-7-8-1-2-11(15)10(5-8)6-9-3-4-17(12(9)18)13(16)19/h1-2,5,9H,3-4,6,15H2,(H2,16,19). The Labute approximate surface area is 110 Å². The Bertz CT molecular complexity index is 576. The Morgan fingerprint density at radius 1 is 1.53 bits per heavy atom. The smallest absolute Gasteiger partial charge is 0.321 e. The molecule has 0 aromatic heterocycles. The van der Waals surface area contributed by atoms with Crippen LogP contribution in [0.3, 0.4) is 0 Å². The number of carbonyl (C=O) groups is 2. The van der Waals surface area contributed by atoms with Gasteiger partial charge in [0.1, 0.15) is 0 Å². The lowest BCUT2D eigenvalue weighted by Crippen LogP contribution is -2.38. The predicted molar refractivity (Wildman–Crippen MR) is 68.7 cm³/mol. The summed E-state index contributed by atoms with van der Waals surface area (Å²) in [6, 6.07) is 6.27. The number of anilines is 1. The number of carbonyl (C=O) groups excluding carboxylic acids is 2. The minimum atomic E-state index is -0.716. The average molecular weight is 258 g/mol. The lowest BCUT2D eigenvalue weighted by Gasteiger charge is -2.13. The van der Waals surface area contributed by atoms with Crippen LogP contribution in [0.1, 0.15) is 17.5 Å². The molecule has 1 atom stereocenters. The number of nitriles is 1. The number of nitrogens with two attached hydrogens (primary N) is 2.